The molecule has 0 fully saturated rings. The Kier molecular flexibility index (Phi) is 5.65. The number of hydrogen-bond donors (Lipinski definition) is 2. The lowest BCUT2D eigenvalue weighted by Gasteiger charge is -2.14. The van der Waals surface area contributed by atoms with Gasteiger partial charge in [-0.15, -0.1) is 0 Å². The molecule has 1 amide bonds. The van der Waals surface area contributed by atoms with Crippen LogP contribution >= 0.6 is 0 Å². The Hall–Kier alpha value is -1.55. The van der Waals surface area contributed by atoms with Crippen LogP contribution in [-0.2, 0) is 11.3 Å². The number of rotatable bonds is 7. The maximum atomic E-state index is 10.7. The highest BCUT2D eigenvalue weighted by Gasteiger charge is 2.05. The van der Waals surface area contributed by atoms with E-state index in [0.29, 0.717) is 12.6 Å². The molecule has 0 saturated heterocycles. The van der Waals surface area contributed by atoms with E-state index in [4.69, 9.17) is 10.5 Å². The Labute approximate surface area is 109 Å². The molecule has 0 saturated carbocycles. The molecule has 0 atom stereocenters. The number of aryl methyl sites for hydroxylation is 1. The van der Waals surface area contributed by atoms with Crippen LogP contribution in [-0.4, -0.2) is 18.6 Å². The summed E-state index contributed by atoms with van der Waals surface area (Å²) in [7, 11) is 0. The van der Waals surface area contributed by atoms with E-state index in [2.05, 4.69) is 25.2 Å². The van der Waals surface area contributed by atoms with Gasteiger partial charge in [0.05, 0.1) is 13.0 Å². The van der Waals surface area contributed by atoms with Crippen molar-refractivity contribution in [2.24, 2.45) is 5.73 Å². The molecule has 3 N–H and O–H groups in total. The molecule has 0 aliphatic heterocycles. The van der Waals surface area contributed by atoms with E-state index in [9.17, 15) is 4.79 Å². The number of amides is 1. The number of carbonyl (C=O) groups excluding carboxylic acids is 1. The summed E-state index contributed by atoms with van der Waals surface area (Å²) >= 11 is 0. The number of nitrogens with one attached hydrogen (secondary N) is 1. The van der Waals surface area contributed by atoms with Crippen LogP contribution < -0.4 is 15.8 Å². The van der Waals surface area contributed by atoms with Crippen LogP contribution in [0.2, 0.25) is 0 Å². The minimum atomic E-state index is -0.344. The SMILES string of the molecule is Cc1ccc(OCCC(N)=O)c(CNC(C)C)c1. The number of hydrogen-bond acceptors (Lipinski definition) is 3. The number of benzene rings is 1. The average Bonchev–Trinajstić information content (AvgIpc) is 2.28. The van der Waals surface area contributed by atoms with E-state index < -0.39 is 0 Å². The van der Waals surface area contributed by atoms with E-state index in [-0.39, 0.29) is 12.3 Å². The molecular weight excluding hydrogens is 228 g/mol. The highest BCUT2D eigenvalue weighted by atomic mass is 16.5. The van der Waals surface area contributed by atoms with Gasteiger partial charge in [0.15, 0.2) is 0 Å². The summed E-state index contributed by atoms with van der Waals surface area (Å²) in [6.07, 6.45) is 0.241. The van der Waals surface area contributed by atoms with Gasteiger partial charge in [-0.1, -0.05) is 31.5 Å². The van der Waals surface area contributed by atoms with Gasteiger partial charge >= 0.3 is 0 Å². The summed E-state index contributed by atoms with van der Waals surface area (Å²) in [5.41, 5.74) is 7.38. The number of carbonyl (C=O) groups is 1. The van der Waals surface area contributed by atoms with E-state index in [0.717, 1.165) is 17.9 Å². The number of nitrogens with two attached hydrogens (primary N) is 1. The number of primary amides is 1. The van der Waals surface area contributed by atoms with E-state index in [1.807, 2.05) is 19.1 Å². The van der Waals surface area contributed by atoms with Crippen LogP contribution in [0.3, 0.4) is 0 Å². The van der Waals surface area contributed by atoms with Crippen LogP contribution in [0, 0.1) is 6.92 Å². The average molecular weight is 250 g/mol. The summed E-state index contributed by atoms with van der Waals surface area (Å²) in [4.78, 5) is 10.7. The third kappa shape index (κ3) is 5.19. The van der Waals surface area contributed by atoms with Crippen molar-refractivity contribution in [1.29, 1.82) is 0 Å². The van der Waals surface area contributed by atoms with Gasteiger partial charge in [0, 0.05) is 18.2 Å². The molecule has 0 aliphatic carbocycles. The van der Waals surface area contributed by atoms with Crippen molar-refractivity contribution in [2.45, 2.75) is 39.8 Å². The molecule has 0 heterocycles. The third-order valence-electron chi connectivity index (χ3n) is 2.52. The lowest BCUT2D eigenvalue weighted by atomic mass is 10.1. The monoisotopic (exact) mass is 250 g/mol. The van der Waals surface area contributed by atoms with E-state index in [1.54, 1.807) is 0 Å². The summed E-state index contributed by atoms with van der Waals surface area (Å²) in [5, 5.41) is 3.36. The second-order valence-electron chi connectivity index (χ2n) is 4.71. The van der Waals surface area contributed by atoms with Gasteiger partial charge in [0.1, 0.15) is 5.75 Å². The Morgan fingerprint density at radius 3 is 2.78 bits per heavy atom. The van der Waals surface area contributed by atoms with Crippen molar-refractivity contribution in [3.8, 4) is 5.75 Å². The van der Waals surface area contributed by atoms with Gasteiger partial charge in [-0.2, -0.15) is 0 Å². The maximum absolute atomic E-state index is 10.7. The molecular formula is C14H22N2O2. The minimum Gasteiger partial charge on any atom is -0.493 e. The predicted octanol–water partition coefficient (Wildman–Crippen LogP) is 1.75. The molecule has 0 aromatic heterocycles. The Morgan fingerprint density at radius 2 is 2.17 bits per heavy atom. The molecule has 0 radical (unpaired) electrons. The van der Waals surface area contributed by atoms with Crippen molar-refractivity contribution in [3.63, 3.8) is 0 Å². The zero-order valence-electron chi connectivity index (χ0n) is 11.3. The van der Waals surface area contributed by atoms with Crippen molar-refractivity contribution in [2.75, 3.05) is 6.61 Å². The second-order valence-corrected chi connectivity index (χ2v) is 4.71. The topological polar surface area (TPSA) is 64.3 Å². The summed E-state index contributed by atoms with van der Waals surface area (Å²) in [6, 6.07) is 6.45. The van der Waals surface area contributed by atoms with E-state index >= 15 is 0 Å². The van der Waals surface area contributed by atoms with Crippen molar-refractivity contribution in [1.82, 2.24) is 5.32 Å². The first-order chi connectivity index (χ1) is 8.49. The predicted molar refractivity (Wildman–Crippen MR) is 72.5 cm³/mol. The van der Waals surface area contributed by atoms with E-state index in [1.165, 1.54) is 5.56 Å². The number of ether oxygens (including phenoxy) is 1. The lowest BCUT2D eigenvalue weighted by molar-refractivity contribution is -0.118. The fourth-order valence-electron chi connectivity index (χ4n) is 1.56. The van der Waals surface area contributed by atoms with Crippen molar-refractivity contribution >= 4 is 5.91 Å². The summed E-state index contributed by atoms with van der Waals surface area (Å²) in [6.45, 7) is 7.33. The van der Waals surface area contributed by atoms with Crippen LogP contribution in [0.4, 0.5) is 0 Å². The largest absolute Gasteiger partial charge is 0.493 e. The molecule has 1 aromatic carbocycles. The van der Waals surface area contributed by atoms with Crippen LogP contribution in [0.15, 0.2) is 18.2 Å². The fourth-order valence-corrected chi connectivity index (χ4v) is 1.56. The zero-order valence-corrected chi connectivity index (χ0v) is 11.3. The molecule has 0 unspecified atom stereocenters. The minimum absolute atomic E-state index is 0.241. The van der Waals surface area contributed by atoms with Gasteiger partial charge in [0.25, 0.3) is 0 Å². The van der Waals surface area contributed by atoms with Crippen molar-refractivity contribution < 1.29 is 9.53 Å². The van der Waals surface area contributed by atoms with Crippen LogP contribution in [0.1, 0.15) is 31.4 Å². The Balaban J connectivity index is 2.66. The van der Waals surface area contributed by atoms with Crippen LogP contribution in [0.5, 0.6) is 5.75 Å². The first-order valence-corrected chi connectivity index (χ1v) is 6.23. The summed E-state index contributed by atoms with van der Waals surface area (Å²) < 4.78 is 5.59. The molecule has 4 nitrogen and oxygen atoms in total. The molecule has 4 heteroatoms. The normalized spacial score (nSPS) is 10.7. The van der Waals surface area contributed by atoms with Gasteiger partial charge in [-0.3, -0.25) is 4.79 Å². The molecule has 18 heavy (non-hydrogen) atoms. The van der Waals surface area contributed by atoms with Gasteiger partial charge in [-0.25, -0.2) is 0 Å². The first-order valence-electron chi connectivity index (χ1n) is 6.23. The second kappa shape index (κ2) is 7.01. The molecule has 0 bridgehead atoms. The first kappa shape index (κ1) is 14.5. The zero-order chi connectivity index (χ0) is 13.5. The van der Waals surface area contributed by atoms with Gasteiger partial charge in [-0.05, 0) is 13.0 Å². The molecule has 100 valence electrons. The van der Waals surface area contributed by atoms with Crippen LogP contribution in [0.25, 0.3) is 0 Å². The van der Waals surface area contributed by atoms with Gasteiger partial charge in [0.2, 0.25) is 5.91 Å². The Morgan fingerprint density at radius 1 is 1.44 bits per heavy atom. The molecule has 0 aliphatic rings. The highest BCUT2D eigenvalue weighted by Crippen LogP contribution is 2.20. The molecule has 0 spiro atoms. The summed E-state index contributed by atoms with van der Waals surface area (Å²) in [5.74, 6) is 0.471. The van der Waals surface area contributed by atoms with Crippen molar-refractivity contribution in [3.05, 3.63) is 29.3 Å². The van der Waals surface area contributed by atoms with Gasteiger partial charge < -0.3 is 15.8 Å². The lowest BCUT2D eigenvalue weighted by Crippen LogP contribution is -2.22. The quantitative estimate of drug-likeness (QED) is 0.775. The standard InChI is InChI=1S/C14H22N2O2/c1-10(2)16-9-12-8-11(3)4-5-13(12)18-7-6-14(15)17/h4-5,8,10,16H,6-7,9H2,1-3H3,(H2,15,17). The smallest absolute Gasteiger partial charge is 0.220 e. The molecule has 1 rings (SSSR count). The maximum Gasteiger partial charge on any atom is 0.220 e. The third-order valence-corrected chi connectivity index (χ3v) is 2.52. The molecule has 1 aromatic rings. The Bertz CT molecular complexity index is 403. The fraction of sp³-hybridized carbons (Fsp3) is 0.500. The highest BCUT2D eigenvalue weighted by molar-refractivity contribution is 5.73.